The van der Waals surface area contributed by atoms with Crippen LogP contribution in [0.3, 0.4) is 0 Å². The van der Waals surface area contributed by atoms with Crippen LogP contribution in [0.25, 0.3) is 0 Å². The highest BCUT2D eigenvalue weighted by Crippen LogP contribution is 2.38. The highest BCUT2D eigenvalue weighted by molar-refractivity contribution is 6.33. The van der Waals surface area contributed by atoms with Crippen molar-refractivity contribution < 1.29 is 19.3 Å². The van der Waals surface area contributed by atoms with Crippen LogP contribution in [0.1, 0.15) is 11.1 Å². The summed E-state index contributed by atoms with van der Waals surface area (Å²) in [5, 5.41) is 10.6. The summed E-state index contributed by atoms with van der Waals surface area (Å²) in [5.74, 6) is 1.73. The molecule has 1 aliphatic heterocycles. The van der Waals surface area contributed by atoms with Gasteiger partial charge < -0.3 is 19.3 Å². The summed E-state index contributed by atoms with van der Waals surface area (Å²) in [6.07, 6.45) is 0. The number of aliphatic hydroxyl groups excluding tert-OH is 1. The van der Waals surface area contributed by atoms with E-state index in [0.717, 1.165) is 5.56 Å². The van der Waals surface area contributed by atoms with E-state index in [1.807, 2.05) is 0 Å². The molecular formula is C15H12Cl2O4. The lowest BCUT2D eigenvalue weighted by atomic mass is 10.2. The minimum atomic E-state index is -0.157. The van der Waals surface area contributed by atoms with E-state index in [0.29, 0.717) is 32.9 Å². The number of hydrogen-bond acceptors (Lipinski definition) is 4. The lowest BCUT2D eigenvalue weighted by Gasteiger charge is -2.12. The molecule has 2 aromatic rings. The summed E-state index contributed by atoms with van der Waals surface area (Å²) in [7, 11) is 0. The van der Waals surface area contributed by atoms with Gasteiger partial charge in [0.1, 0.15) is 12.4 Å². The molecule has 0 saturated carbocycles. The van der Waals surface area contributed by atoms with Crippen LogP contribution in [-0.2, 0) is 13.2 Å². The average Bonchev–Trinajstić information content (AvgIpc) is 2.94. The van der Waals surface area contributed by atoms with Crippen molar-refractivity contribution in [3.8, 4) is 17.2 Å². The smallest absolute Gasteiger partial charge is 0.231 e. The minimum Gasteiger partial charge on any atom is -0.488 e. The molecule has 1 heterocycles. The molecule has 3 rings (SSSR count). The summed E-state index contributed by atoms with van der Waals surface area (Å²) < 4.78 is 16.3. The summed E-state index contributed by atoms with van der Waals surface area (Å²) in [6.45, 7) is 0.255. The predicted molar refractivity (Wildman–Crippen MR) is 79.3 cm³/mol. The number of aliphatic hydroxyl groups is 1. The number of hydrogen-bond donors (Lipinski definition) is 1. The Hall–Kier alpha value is -1.62. The first kappa shape index (κ1) is 14.3. The fourth-order valence-electron chi connectivity index (χ4n) is 2.03. The standard InChI is InChI=1S/C15H12Cl2O4/c16-11-1-2-12(17)10(3-11)7-19-13-5-15-14(20-8-21-15)4-9(13)6-18/h1-5,18H,6-8H2. The van der Waals surface area contributed by atoms with E-state index in [1.165, 1.54) is 0 Å². The van der Waals surface area contributed by atoms with Gasteiger partial charge in [0.2, 0.25) is 6.79 Å². The first-order chi connectivity index (χ1) is 10.2. The zero-order chi connectivity index (χ0) is 14.8. The fourth-order valence-corrected chi connectivity index (χ4v) is 2.40. The third-order valence-corrected chi connectivity index (χ3v) is 3.72. The first-order valence-electron chi connectivity index (χ1n) is 6.27. The zero-order valence-electron chi connectivity index (χ0n) is 10.9. The Morgan fingerprint density at radius 2 is 1.81 bits per heavy atom. The Morgan fingerprint density at radius 1 is 1.05 bits per heavy atom. The molecule has 0 atom stereocenters. The van der Waals surface area contributed by atoms with Crippen LogP contribution in [0, 0.1) is 0 Å². The lowest BCUT2D eigenvalue weighted by Crippen LogP contribution is -2.00. The Balaban J connectivity index is 1.83. The molecule has 0 aliphatic carbocycles. The SMILES string of the molecule is OCc1cc2c(cc1OCc1cc(Cl)ccc1Cl)OCO2. The molecule has 0 saturated heterocycles. The molecule has 1 N–H and O–H groups in total. The quantitative estimate of drug-likeness (QED) is 0.928. The number of fused-ring (bicyclic) bond motifs is 1. The monoisotopic (exact) mass is 326 g/mol. The Bertz CT molecular complexity index is 673. The van der Waals surface area contributed by atoms with Gasteiger partial charge in [0.05, 0.1) is 6.61 Å². The van der Waals surface area contributed by atoms with Gasteiger partial charge in [0.25, 0.3) is 0 Å². The average molecular weight is 327 g/mol. The Labute approximate surface area is 131 Å². The van der Waals surface area contributed by atoms with Crippen molar-refractivity contribution in [2.45, 2.75) is 13.2 Å². The van der Waals surface area contributed by atoms with Gasteiger partial charge in [-0.3, -0.25) is 0 Å². The van der Waals surface area contributed by atoms with Gasteiger partial charge >= 0.3 is 0 Å². The molecule has 2 aromatic carbocycles. The van der Waals surface area contributed by atoms with Crippen LogP contribution >= 0.6 is 23.2 Å². The van der Waals surface area contributed by atoms with Crippen molar-refractivity contribution in [2.75, 3.05) is 6.79 Å². The Kier molecular flexibility index (Phi) is 4.10. The summed E-state index contributed by atoms with van der Waals surface area (Å²) in [4.78, 5) is 0. The van der Waals surface area contributed by atoms with E-state index < -0.39 is 0 Å². The highest BCUT2D eigenvalue weighted by atomic mass is 35.5. The Morgan fingerprint density at radius 3 is 2.57 bits per heavy atom. The number of rotatable bonds is 4. The third kappa shape index (κ3) is 3.02. The van der Waals surface area contributed by atoms with E-state index in [1.54, 1.807) is 30.3 Å². The van der Waals surface area contributed by atoms with E-state index in [-0.39, 0.29) is 20.0 Å². The predicted octanol–water partition coefficient (Wildman–Crippen LogP) is 3.79. The molecule has 0 spiro atoms. The second kappa shape index (κ2) is 6.02. The number of benzene rings is 2. The van der Waals surface area contributed by atoms with Crippen LogP contribution in [0.15, 0.2) is 30.3 Å². The molecule has 4 nitrogen and oxygen atoms in total. The van der Waals surface area contributed by atoms with E-state index >= 15 is 0 Å². The summed E-state index contributed by atoms with van der Waals surface area (Å²) >= 11 is 12.0. The lowest BCUT2D eigenvalue weighted by molar-refractivity contribution is 0.173. The van der Waals surface area contributed by atoms with Crippen LogP contribution in [0.4, 0.5) is 0 Å². The third-order valence-electron chi connectivity index (χ3n) is 3.12. The molecule has 0 unspecified atom stereocenters. The van der Waals surface area contributed by atoms with Crippen LogP contribution in [-0.4, -0.2) is 11.9 Å². The zero-order valence-corrected chi connectivity index (χ0v) is 12.4. The summed E-state index contributed by atoms with van der Waals surface area (Å²) in [6, 6.07) is 8.58. The van der Waals surface area contributed by atoms with Crippen molar-refractivity contribution in [1.29, 1.82) is 0 Å². The molecule has 1 aliphatic rings. The summed E-state index contributed by atoms with van der Waals surface area (Å²) in [5.41, 5.74) is 1.39. The van der Waals surface area contributed by atoms with Crippen molar-refractivity contribution in [3.63, 3.8) is 0 Å². The fraction of sp³-hybridized carbons (Fsp3) is 0.200. The maximum Gasteiger partial charge on any atom is 0.231 e. The topological polar surface area (TPSA) is 47.9 Å². The maximum atomic E-state index is 9.42. The van der Waals surface area contributed by atoms with Crippen molar-refractivity contribution >= 4 is 23.2 Å². The molecule has 21 heavy (non-hydrogen) atoms. The van der Waals surface area contributed by atoms with Gasteiger partial charge in [-0.15, -0.1) is 0 Å². The van der Waals surface area contributed by atoms with Gasteiger partial charge in [-0.2, -0.15) is 0 Å². The minimum absolute atomic E-state index is 0.157. The molecule has 0 radical (unpaired) electrons. The number of halogens is 2. The van der Waals surface area contributed by atoms with Crippen LogP contribution < -0.4 is 14.2 Å². The highest BCUT2D eigenvalue weighted by Gasteiger charge is 2.18. The van der Waals surface area contributed by atoms with Gasteiger partial charge in [-0.25, -0.2) is 0 Å². The number of ether oxygens (including phenoxy) is 3. The van der Waals surface area contributed by atoms with Crippen molar-refractivity contribution in [1.82, 2.24) is 0 Å². The normalized spacial score (nSPS) is 12.5. The molecule has 0 amide bonds. The molecule has 0 bridgehead atoms. The van der Waals surface area contributed by atoms with Gasteiger partial charge in [-0.1, -0.05) is 23.2 Å². The van der Waals surface area contributed by atoms with Gasteiger partial charge in [0, 0.05) is 27.2 Å². The maximum absolute atomic E-state index is 9.42. The van der Waals surface area contributed by atoms with E-state index in [9.17, 15) is 5.11 Å². The van der Waals surface area contributed by atoms with Crippen molar-refractivity contribution in [2.24, 2.45) is 0 Å². The van der Waals surface area contributed by atoms with E-state index in [4.69, 9.17) is 37.4 Å². The van der Waals surface area contributed by atoms with Crippen LogP contribution in [0.5, 0.6) is 17.2 Å². The molecule has 6 heteroatoms. The van der Waals surface area contributed by atoms with Crippen LogP contribution in [0.2, 0.25) is 10.0 Å². The largest absolute Gasteiger partial charge is 0.488 e. The molecule has 0 aromatic heterocycles. The first-order valence-corrected chi connectivity index (χ1v) is 7.03. The molecule has 110 valence electrons. The molecular weight excluding hydrogens is 315 g/mol. The second-order valence-electron chi connectivity index (χ2n) is 4.50. The second-order valence-corrected chi connectivity index (χ2v) is 5.34. The van der Waals surface area contributed by atoms with Gasteiger partial charge in [0.15, 0.2) is 11.5 Å². The van der Waals surface area contributed by atoms with E-state index in [2.05, 4.69) is 0 Å². The molecule has 0 fully saturated rings. The van der Waals surface area contributed by atoms with Gasteiger partial charge in [-0.05, 0) is 24.3 Å². The van der Waals surface area contributed by atoms with Crippen molar-refractivity contribution in [3.05, 3.63) is 51.5 Å².